The van der Waals surface area contributed by atoms with Crippen LogP contribution in [0.2, 0.25) is 0 Å². The van der Waals surface area contributed by atoms with Crippen molar-refractivity contribution in [2.75, 3.05) is 42.0 Å². The third kappa shape index (κ3) is 8.36. The smallest absolute Gasteiger partial charge is 0.188 e. The second-order valence-corrected chi connectivity index (χ2v) is 6.56. The highest BCUT2D eigenvalue weighted by Gasteiger charge is 2.06. The number of ether oxygens (including phenoxy) is 6. The maximum absolute atomic E-state index is 12.2. The van der Waals surface area contributed by atoms with Crippen LogP contribution < -0.4 is 18.9 Å². The fraction of sp³-hybridized carbons (Fsp3) is 0.240. The molecule has 0 heterocycles. The standard InChI is InChI=1S/C25H28O8/c1-28-16-32-22-11-7-18(13-24(22)30-3)5-9-20(26)15-21(27)10-6-19-8-12-23(33-17-29-2)25(14-19)31-4/h5-15,26H,16-17H2,1-4H3/b9-5+,10-6+,20-15-. The van der Waals surface area contributed by atoms with Gasteiger partial charge in [0.1, 0.15) is 5.76 Å². The Labute approximate surface area is 193 Å². The zero-order chi connectivity index (χ0) is 24.1. The van der Waals surface area contributed by atoms with Crippen LogP contribution >= 0.6 is 0 Å². The van der Waals surface area contributed by atoms with Crippen LogP contribution in [0.1, 0.15) is 11.1 Å². The number of hydrogen-bond donors (Lipinski definition) is 1. The number of carbonyl (C=O) groups excluding carboxylic acids is 1. The van der Waals surface area contributed by atoms with Crippen LogP contribution in [0.4, 0.5) is 0 Å². The number of aliphatic hydroxyl groups is 1. The van der Waals surface area contributed by atoms with E-state index in [0.717, 1.165) is 17.2 Å². The molecule has 0 radical (unpaired) electrons. The van der Waals surface area contributed by atoms with E-state index in [1.165, 1.54) is 40.6 Å². The average Bonchev–Trinajstić information content (AvgIpc) is 2.83. The van der Waals surface area contributed by atoms with Crippen LogP contribution in [0.3, 0.4) is 0 Å². The number of benzene rings is 2. The molecule has 0 atom stereocenters. The van der Waals surface area contributed by atoms with Crippen molar-refractivity contribution in [1.82, 2.24) is 0 Å². The average molecular weight is 456 g/mol. The van der Waals surface area contributed by atoms with Crippen molar-refractivity contribution in [2.24, 2.45) is 0 Å². The lowest BCUT2D eigenvalue weighted by molar-refractivity contribution is -0.110. The SMILES string of the molecule is COCOc1ccc(/C=C/C(=O)/C=C(O)/C=C/c2ccc(OCOC)c(OC)c2)cc1OC. The molecule has 0 fully saturated rings. The molecule has 8 heteroatoms. The summed E-state index contributed by atoms with van der Waals surface area (Å²) in [5, 5.41) is 10.1. The van der Waals surface area contributed by atoms with E-state index in [1.807, 2.05) is 0 Å². The summed E-state index contributed by atoms with van der Waals surface area (Å²) >= 11 is 0. The molecule has 2 aromatic rings. The molecule has 0 aliphatic rings. The molecule has 0 aliphatic heterocycles. The first kappa shape index (κ1) is 25.5. The maximum atomic E-state index is 12.2. The van der Waals surface area contributed by atoms with Crippen LogP contribution in [-0.4, -0.2) is 52.9 Å². The molecule has 0 aliphatic carbocycles. The third-order valence-electron chi connectivity index (χ3n) is 4.22. The molecule has 0 saturated heterocycles. The maximum Gasteiger partial charge on any atom is 0.188 e. The molecular formula is C25H28O8. The summed E-state index contributed by atoms with van der Waals surface area (Å²) in [6.45, 7) is 0.198. The van der Waals surface area contributed by atoms with Gasteiger partial charge >= 0.3 is 0 Å². The molecule has 8 nitrogen and oxygen atoms in total. The van der Waals surface area contributed by atoms with E-state index in [2.05, 4.69) is 0 Å². The molecule has 0 unspecified atom stereocenters. The summed E-state index contributed by atoms with van der Waals surface area (Å²) in [6, 6.07) is 10.5. The van der Waals surface area contributed by atoms with Crippen LogP contribution in [0.25, 0.3) is 12.2 Å². The van der Waals surface area contributed by atoms with Gasteiger partial charge in [-0.25, -0.2) is 0 Å². The van der Waals surface area contributed by atoms with Gasteiger partial charge < -0.3 is 33.5 Å². The van der Waals surface area contributed by atoms with Crippen LogP contribution in [-0.2, 0) is 14.3 Å². The van der Waals surface area contributed by atoms with Gasteiger partial charge in [0, 0.05) is 20.3 Å². The van der Waals surface area contributed by atoms with Gasteiger partial charge in [0.25, 0.3) is 0 Å². The Hall–Kier alpha value is -3.75. The van der Waals surface area contributed by atoms with Gasteiger partial charge in [-0.05, 0) is 47.5 Å². The van der Waals surface area contributed by atoms with Crippen molar-refractivity contribution in [2.45, 2.75) is 0 Å². The van der Waals surface area contributed by atoms with Gasteiger partial charge in [-0.1, -0.05) is 24.3 Å². The zero-order valence-corrected chi connectivity index (χ0v) is 19.1. The van der Waals surface area contributed by atoms with Gasteiger partial charge in [0.15, 0.2) is 42.4 Å². The van der Waals surface area contributed by atoms with E-state index in [4.69, 9.17) is 28.4 Å². The summed E-state index contributed by atoms with van der Waals surface area (Å²) < 4.78 is 31.2. The molecule has 2 rings (SSSR count). The van der Waals surface area contributed by atoms with E-state index >= 15 is 0 Å². The first-order chi connectivity index (χ1) is 16.0. The van der Waals surface area contributed by atoms with Crippen molar-refractivity contribution in [1.29, 1.82) is 0 Å². The van der Waals surface area contributed by atoms with E-state index < -0.39 is 0 Å². The minimum atomic E-state index is -0.378. The summed E-state index contributed by atoms with van der Waals surface area (Å²) in [4.78, 5) is 12.2. The molecular weight excluding hydrogens is 428 g/mol. The fourth-order valence-corrected chi connectivity index (χ4v) is 2.66. The summed E-state index contributed by atoms with van der Waals surface area (Å²) in [6.07, 6.45) is 7.14. The van der Waals surface area contributed by atoms with Crippen LogP contribution in [0, 0.1) is 0 Å². The minimum absolute atomic E-state index is 0.0974. The molecule has 0 spiro atoms. The van der Waals surface area contributed by atoms with Crippen LogP contribution in [0.5, 0.6) is 23.0 Å². The summed E-state index contributed by atoms with van der Waals surface area (Å²) in [7, 11) is 6.11. The van der Waals surface area contributed by atoms with Crippen LogP contribution in [0.15, 0.2) is 60.4 Å². The highest BCUT2D eigenvalue weighted by molar-refractivity contribution is 6.02. The fourth-order valence-electron chi connectivity index (χ4n) is 2.66. The summed E-state index contributed by atoms with van der Waals surface area (Å²) in [5.41, 5.74) is 1.48. The van der Waals surface area contributed by atoms with Gasteiger partial charge in [0.2, 0.25) is 0 Å². The Morgan fingerprint density at radius 3 is 1.70 bits per heavy atom. The van der Waals surface area contributed by atoms with Crippen molar-refractivity contribution in [3.8, 4) is 23.0 Å². The Bertz CT molecular complexity index is 1010. The number of methoxy groups -OCH3 is 4. The lowest BCUT2D eigenvalue weighted by Gasteiger charge is -2.10. The second kappa shape index (κ2) is 13.6. The first-order valence-electron chi connectivity index (χ1n) is 9.91. The molecule has 0 saturated carbocycles. The number of ketones is 1. The molecule has 33 heavy (non-hydrogen) atoms. The minimum Gasteiger partial charge on any atom is -0.508 e. The molecule has 0 amide bonds. The lowest BCUT2D eigenvalue weighted by atomic mass is 10.1. The van der Waals surface area contributed by atoms with E-state index in [1.54, 1.807) is 48.6 Å². The van der Waals surface area contributed by atoms with E-state index in [9.17, 15) is 9.90 Å². The highest BCUT2D eigenvalue weighted by Crippen LogP contribution is 2.29. The quantitative estimate of drug-likeness (QED) is 0.205. The Morgan fingerprint density at radius 1 is 0.758 bits per heavy atom. The number of aliphatic hydroxyl groups excluding tert-OH is 1. The lowest BCUT2D eigenvalue weighted by Crippen LogP contribution is -2.00. The monoisotopic (exact) mass is 456 g/mol. The number of allylic oxidation sites excluding steroid dienone is 3. The predicted octanol–water partition coefficient (Wildman–Crippen LogP) is 4.41. The highest BCUT2D eigenvalue weighted by atomic mass is 16.7. The van der Waals surface area contributed by atoms with Crippen molar-refractivity contribution in [3.63, 3.8) is 0 Å². The predicted molar refractivity (Wildman–Crippen MR) is 125 cm³/mol. The number of hydrogen-bond acceptors (Lipinski definition) is 8. The Morgan fingerprint density at radius 2 is 1.24 bits per heavy atom. The van der Waals surface area contributed by atoms with Gasteiger partial charge in [-0.3, -0.25) is 4.79 Å². The van der Waals surface area contributed by atoms with Crippen molar-refractivity contribution >= 4 is 17.9 Å². The summed E-state index contributed by atoms with van der Waals surface area (Å²) in [5.74, 6) is 1.52. The molecule has 2 aromatic carbocycles. The third-order valence-corrected chi connectivity index (χ3v) is 4.22. The van der Waals surface area contributed by atoms with E-state index in [-0.39, 0.29) is 25.1 Å². The molecule has 176 valence electrons. The molecule has 0 aromatic heterocycles. The van der Waals surface area contributed by atoms with Gasteiger partial charge in [-0.2, -0.15) is 0 Å². The van der Waals surface area contributed by atoms with Gasteiger partial charge in [0.05, 0.1) is 14.2 Å². The number of rotatable bonds is 13. The first-order valence-corrected chi connectivity index (χ1v) is 9.91. The molecule has 0 bridgehead atoms. The number of carbonyl (C=O) groups is 1. The van der Waals surface area contributed by atoms with Crippen molar-refractivity contribution in [3.05, 3.63) is 71.5 Å². The Kier molecular flexibility index (Phi) is 10.5. The Balaban J connectivity index is 2.03. The largest absolute Gasteiger partial charge is 0.508 e. The normalized spacial score (nSPS) is 11.7. The van der Waals surface area contributed by atoms with E-state index in [0.29, 0.717) is 23.0 Å². The zero-order valence-electron chi connectivity index (χ0n) is 19.1. The second-order valence-electron chi connectivity index (χ2n) is 6.56. The topological polar surface area (TPSA) is 92.7 Å². The van der Waals surface area contributed by atoms with Crippen molar-refractivity contribution < 1.29 is 38.3 Å². The van der Waals surface area contributed by atoms with Gasteiger partial charge in [-0.15, -0.1) is 0 Å². The molecule has 1 N–H and O–H groups in total.